The second-order valence-electron chi connectivity index (χ2n) is 4.61. The topological polar surface area (TPSA) is 20.3 Å². The van der Waals surface area contributed by atoms with Gasteiger partial charge in [-0.2, -0.15) is 0 Å². The molecule has 0 radical (unpaired) electrons. The van der Waals surface area contributed by atoms with E-state index in [1.165, 1.54) is 12.1 Å². The highest BCUT2D eigenvalue weighted by Gasteiger charge is 2.26. The van der Waals surface area contributed by atoms with Crippen molar-refractivity contribution in [2.75, 3.05) is 11.4 Å². The van der Waals surface area contributed by atoms with E-state index < -0.39 is 0 Å². The maximum absolute atomic E-state index is 13.4. The third kappa shape index (κ3) is 2.42. The van der Waals surface area contributed by atoms with Crippen LogP contribution in [0.4, 0.5) is 10.1 Å². The minimum atomic E-state index is -0.330. The minimum Gasteiger partial charge on any atom is -0.308 e. The van der Waals surface area contributed by atoms with Gasteiger partial charge in [-0.05, 0) is 64.9 Å². The summed E-state index contributed by atoms with van der Waals surface area (Å²) in [5.41, 5.74) is 2.17. The molecule has 0 fully saturated rings. The van der Waals surface area contributed by atoms with Crippen molar-refractivity contribution in [1.29, 1.82) is 0 Å². The normalized spacial score (nSPS) is 13.4. The molecule has 0 spiro atoms. The lowest BCUT2D eigenvalue weighted by Gasteiger charge is -2.17. The summed E-state index contributed by atoms with van der Waals surface area (Å²) in [4.78, 5) is 14.1. The van der Waals surface area contributed by atoms with Gasteiger partial charge < -0.3 is 4.90 Å². The first-order chi connectivity index (χ1) is 9.56. The Morgan fingerprint density at radius 2 is 2.05 bits per heavy atom. The van der Waals surface area contributed by atoms with Crippen molar-refractivity contribution < 1.29 is 9.18 Å². The molecule has 1 heterocycles. The number of nitrogens with zero attached hydrogens (tertiary/aromatic N) is 1. The van der Waals surface area contributed by atoms with Crippen LogP contribution in [0.2, 0.25) is 5.02 Å². The Morgan fingerprint density at radius 1 is 1.25 bits per heavy atom. The summed E-state index contributed by atoms with van der Waals surface area (Å²) >= 11 is 8.16. The summed E-state index contributed by atoms with van der Waals surface area (Å²) in [6.45, 7) is 0.571. The van der Waals surface area contributed by atoms with Gasteiger partial charge in [-0.3, -0.25) is 4.79 Å². The van der Waals surface area contributed by atoms with Crippen LogP contribution in [-0.4, -0.2) is 12.5 Å². The van der Waals surface area contributed by atoms with E-state index in [-0.39, 0.29) is 11.7 Å². The molecule has 1 amide bonds. The van der Waals surface area contributed by atoms with Crippen LogP contribution in [0.15, 0.2) is 36.4 Å². The van der Waals surface area contributed by atoms with Crippen LogP contribution in [0.5, 0.6) is 0 Å². The summed E-state index contributed by atoms with van der Waals surface area (Å²) in [7, 11) is 0. The molecule has 2 aromatic rings. The van der Waals surface area contributed by atoms with E-state index in [9.17, 15) is 9.18 Å². The molecule has 2 nitrogen and oxygen atoms in total. The predicted molar refractivity (Wildman–Crippen MR) is 85.9 cm³/mol. The molecule has 0 aromatic heterocycles. The molecule has 3 rings (SSSR count). The van der Waals surface area contributed by atoms with Crippen LogP contribution in [-0.2, 0) is 6.42 Å². The zero-order valence-electron chi connectivity index (χ0n) is 10.4. The van der Waals surface area contributed by atoms with Crippen LogP contribution in [0.3, 0.4) is 0 Å². The molecular formula is C15H10ClFINO. The van der Waals surface area contributed by atoms with E-state index in [0.717, 1.165) is 15.6 Å². The number of hydrogen-bond donors (Lipinski definition) is 0. The van der Waals surface area contributed by atoms with E-state index in [1.807, 2.05) is 0 Å². The molecule has 0 bridgehead atoms. The van der Waals surface area contributed by atoms with Gasteiger partial charge >= 0.3 is 0 Å². The fraction of sp³-hybridized carbons (Fsp3) is 0.133. The second kappa shape index (κ2) is 5.33. The summed E-state index contributed by atoms with van der Waals surface area (Å²) in [6, 6.07) is 9.77. The SMILES string of the molecule is O=C(c1ccc(I)c(Cl)c1)N1CCc2ccc(F)cc21. The fourth-order valence-corrected chi connectivity index (χ4v) is 2.86. The van der Waals surface area contributed by atoms with E-state index in [0.29, 0.717) is 22.8 Å². The van der Waals surface area contributed by atoms with Crippen LogP contribution in [0, 0.1) is 9.39 Å². The summed E-state index contributed by atoms with van der Waals surface area (Å²) in [6.07, 6.45) is 0.749. The van der Waals surface area contributed by atoms with Crippen LogP contribution < -0.4 is 4.90 Å². The molecule has 102 valence electrons. The first kappa shape index (κ1) is 13.8. The van der Waals surface area contributed by atoms with Gasteiger partial charge in [-0.25, -0.2) is 4.39 Å². The van der Waals surface area contributed by atoms with Crippen LogP contribution in [0.1, 0.15) is 15.9 Å². The van der Waals surface area contributed by atoms with E-state index in [1.54, 1.807) is 29.2 Å². The predicted octanol–water partition coefficient (Wildman–Crippen LogP) is 4.29. The van der Waals surface area contributed by atoms with Gasteiger partial charge in [0, 0.05) is 15.7 Å². The summed E-state index contributed by atoms with van der Waals surface area (Å²) in [5.74, 6) is -0.475. The Kier molecular flexibility index (Phi) is 3.69. The number of carbonyl (C=O) groups excluding carboxylic acids is 1. The molecule has 1 aliphatic rings. The number of benzene rings is 2. The van der Waals surface area contributed by atoms with Crippen LogP contribution in [0.25, 0.3) is 0 Å². The zero-order valence-corrected chi connectivity index (χ0v) is 13.3. The average Bonchev–Trinajstić information content (AvgIpc) is 2.84. The number of amides is 1. The Morgan fingerprint density at radius 3 is 2.80 bits per heavy atom. The largest absolute Gasteiger partial charge is 0.308 e. The maximum Gasteiger partial charge on any atom is 0.258 e. The van der Waals surface area contributed by atoms with Crippen molar-refractivity contribution in [2.45, 2.75) is 6.42 Å². The van der Waals surface area contributed by atoms with Gasteiger partial charge in [-0.1, -0.05) is 17.7 Å². The number of hydrogen-bond acceptors (Lipinski definition) is 1. The van der Waals surface area contributed by atoms with E-state index in [4.69, 9.17) is 11.6 Å². The minimum absolute atomic E-state index is 0.146. The van der Waals surface area contributed by atoms with Gasteiger partial charge in [0.25, 0.3) is 5.91 Å². The molecule has 2 aromatic carbocycles. The quantitative estimate of drug-likeness (QED) is 0.653. The molecule has 5 heteroatoms. The van der Waals surface area contributed by atoms with Crippen molar-refractivity contribution in [3.63, 3.8) is 0 Å². The van der Waals surface area contributed by atoms with Crippen molar-refractivity contribution in [3.05, 3.63) is 61.9 Å². The lowest BCUT2D eigenvalue weighted by atomic mass is 10.1. The van der Waals surface area contributed by atoms with Crippen LogP contribution >= 0.6 is 34.2 Å². The molecule has 0 unspecified atom stereocenters. The Labute approximate surface area is 134 Å². The van der Waals surface area contributed by atoms with Gasteiger partial charge in [0.1, 0.15) is 5.82 Å². The van der Waals surface area contributed by atoms with Gasteiger partial charge in [-0.15, -0.1) is 0 Å². The van der Waals surface area contributed by atoms with Crippen molar-refractivity contribution >= 4 is 45.8 Å². The second-order valence-corrected chi connectivity index (χ2v) is 6.18. The number of fused-ring (bicyclic) bond motifs is 1. The fourth-order valence-electron chi connectivity index (χ4n) is 2.35. The average molecular weight is 402 g/mol. The molecule has 0 atom stereocenters. The first-order valence-corrected chi connectivity index (χ1v) is 7.57. The lowest BCUT2D eigenvalue weighted by Crippen LogP contribution is -2.28. The first-order valence-electron chi connectivity index (χ1n) is 6.11. The van der Waals surface area contributed by atoms with Gasteiger partial charge in [0.05, 0.1) is 10.7 Å². The van der Waals surface area contributed by atoms with E-state index in [2.05, 4.69) is 22.6 Å². The van der Waals surface area contributed by atoms with Gasteiger partial charge in [0.15, 0.2) is 0 Å². The maximum atomic E-state index is 13.4. The van der Waals surface area contributed by atoms with Crippen molar-refractivity contribution in [1.82, 2.24) is 0 Å². The van der Waals surface area contributed by atoms with E-state index >= 15 is 0 Å². The Bertz CT molecular complexity index is 704. The lowest BCUT2D eigenvalue weighted by molar-refractivity contribution is 0.0989. The number of carbonyl (C=O) groups is 1. The molecule has 0 saturated carbocycles. The smallest absolute Gasteiger partial charge is 0.258 e. The third-order valence-electron chi connectivity index (χ3n) is 3.35. The Balaban J connectivity index is 1.97. The van der Waals surface area contributed by atoms with Crippen molar-refractivity contribution in [2.24, 2.45) is 0 Å². The monoisotopic (exact) mass is 401 g/mol. The third-order valence-corrected chi connectivity index (χ3v) is 4.93. The highest BCUT2D eigenvalue weighted by Crippen LogP contribution is 2.30. The molecule has 0 saturated heterocycles. The number of anilines is 1. The summed E-state index contributed by atoms with van der Waals surface area (Å²) < 4.78 is 14.3. The number of halogens is 3. The molecule has 0 N–H and O–H groups in total. The summed E-state index contributed by atoms with van der Waals surface area (Å²) in [5, 5.41) is 0.551. The Hall–Kier alpha value is -1.14. The molecule has 20 heavy (non-hydrogen) atoms. The molecule has 1 aliphatic heterocycles. The molecule has 0 aliphatic carbocycles. The number of rotatable bonds is 1. The highest BCUT2D eigenvalue weighted by molar-refractivity contribution is 14.1. The highest BCUT2D eigenvalue weighted by atomic mass is 127. The van der Waals surface area contributed by atoms with Crippen molar-refractivity contribution in [3.8, 4) is 0 Å². The standard InChI is InChI=1S/C15H10ClFINO/c16-12-7-10(2-4-13(12)18)15(20)19-6-5-9-1-3-11(17)8-14(9)19/h1-4,7-8H,5-6H2. The molecular weight excluding hydrogens is 392 g/mol. The van der Waals surface area contributed by atoms with Gasteiger partial charge in [0.2, 0.25) is 0 Å². The zero-order chi connectivity index (χ0) is 14.3.